The summed E-state index contributed by atoms with van der Waals surface area (Å²) in [7, 11) is 0. The van der Waals surface area contributed by atoms with Crippen LogP contribution in [-0.2, 0) is 4.79 Å². The Morgan fingerprint density at radius 2 is 1.79 bits per heavy atom. The van der Waals surface area contributed by atoms with Gasteiger partial charge in [-0.15, -0.1) is 0 Å². The number of nitrogens with one attached hydrogen (secondary N) is 1. The van der Waals surface area contributed by atoms with Gasteiger partial charge in [0.15, 0.2) is 5.69 Å². The van der Waals surface area contributed by atoms with Crippen molar-refractivity contribution < 1.29 is 18.8 Å². The van der Waals surface area contributed by atoms with Crippen LogP contribution in [0, 0.1) is 5.82 Å². The van der Waals surface area contributed by atoms with E-state index in [0.717, 1.165) is 11.0 Å². The summed E-state index contributed by atoms with van der Waals surface area (Å²) in [6.07, 6.45) is 0. The van der Waals surface area contributed by atoms with Gasteiger partial charge >= 0.3 is 0 Å². The predicted octanol–water partition coefficient (Wildman–Crippen LogP) is 3.92. The Morgan fingerprint density at radius 3 is 2.32 bits per heavy atom. The smallest absolute Gasteiger partial charge is 0.273 e. The van der Waals surface area contributed by atoms with E-state index in [1.165, 1.54) is 18.2 Å². The van der Waals surface area contributed by atoms with Crippen molar-refractivity contribution in [2.45, 2.75) is 32.4 Å². The van der Waals surface area contributed by atoms with Crippen molar-refractivity contribution in [3.8, 4) is 0 Å². The summed E-state index contributed by atoms with van der Waals surface area (Å²) < 4.78 is 18.1. The Hall–Kier alpha value is -3.50. The molecule has 178 valence electrons. The van der Waals surface area contributed by atoms with Crippen LogP contribution in [0.15, 0.2) is 48.5 Å². The monoisotopic (exact) mass is 503 g/mol. The standard InChI is InChI=1S/C23H23ClFN5O3S/c1-23(2,3)28-21(32)18(12-7-9-13(24)10-8-12)30(15-6-4-5-14(25)11-15)22(33)19-16(26)17(20(27)31)29-34-19/h4-11,18H,26H2,1-3H3,(H2,27,31)(H,28,32). The minimum absolute atomic E-state index is 0.0995. The Labute approximate surface area is 204 Å². The molecule has 1 atom stereocenters. The number of primary amides is 1. The number of hydrogen-bond donors (Lipinski definition) is 3. The number of nitrogens with two attached hydrogens (primary N) is 2. The van der Waals surface area contributed by atoms with E-state index in [9.17, 15) is 18.8 Å². The number of nitrogen functional groups attached to an aromatic ring is 1. The van der Waals surface area contributed by atoms with Gasteiger partial charge in [-0.1, -0.05) is 29.8 Å². The number of nitrogens with zero attached hydrogens (tertiary/aromatic N) is 2. The van der Waals surface area contributed by atoms with Crippen molar-refractivity contribution in [1.82, 2.24) is 9.69 Å². The summed E-state index contributed by atoms with van der Waals surface area (Å²) in [5, 5.41) is 3.30. The largest absolute Gasteiger partial charge is 0.395 e. The van der Waals surface area contributed by atoms with Crippen molar-refractivity contribution >= 4 is 52.2 Å². The van der Waals surface area contributed by atoms with Crippen LogP contribution >= 0.6 is 23.1 Å². The molecule has 0 saturated heterocycles. The van der Waals surface area contributed by atoms with Gasteiger partial charge < -0.3 is 16.8 Å². The highest BCUT2D eigenvalue weighted by molar-refractivity contribution is 7.09. The quantitative estimate of drug-likeness (QED) is 0.469. The molecule has 1 unspecified atom stereocenters. The van der Waals surface area contributed by atoms with Gasteiger partial charge in [0.25, 0.3) is 11.8 Å². The number of anilines is 2. The molecule has 2 aromatic carbocycles. The maximum absolute atomic E-state index is 14.2. The average Bonchev–Trinajstić information content (AvgIpc) is 3.12. The summed E-state index contributed by atoms with van der Waals surface area (Å²) in [5.41, 5.74) is 10.7. The highest BCUT2D eigenvalue weighted by Crippen LogP contribution is 2.34. The predicted molar refractivity (Wildman–Crippen MR) is 130 cm³/mol. The molecule has 0 aliphatic carbocycles. The van der Waals surface area contributed by atoms with E-state index in [4.69, 9.17) is 23.1 Å². The minimum atomic E-state index is -1.23. The highest BCUT2D eigenvalue weighted by atomic mass is 35.5. The van der Waals surface area contributed by atoms with Gasteiger partial charge in [-0.3, -0.25) is 19.3 Å². The fraction of sp³-hybridized carbons (Fsp3) is 0.217. The highest BCUT2D eigenvalue weighted by Gasteiger charge is 2.37. The lowest BCUT2D eigenvalue weighted by atomic mass is 10.0. The third-order valence-corrected chi connectivity index (χ3v) is 5.75. The molecule has 3 aromatic rings. The number of halogens is 2. The molecule has 8 nitrogen and oxygen atoms in total. The lowest BCUT2D eigenvalue weighted by Gasteiger charge is -2.33. The van der Waals surface area contributed by atoms with E-state index in [1.807, 2.05) is 0 Å². The second-order valence-corrected chi connectivity index (χ2v) is 9.70. The summed E-state index contributed by atoms with van der Waals surface area (Å²) in [4.78, 5) is 40.0. The first kappa shape index (κ1) is 25.1. The number of benzene rings is 2. The lowest BCUT2D eigenvalue weighted by Crippen LogP contribution is -2.49. The second-order valence-electron chi connectivity index (χ2n) is 8.49. The average molecular weight is 504 g/mol. The Balaban J connectivity index is 2.24. The lowest BCUT2D eigenvalue weighted by molar-refractivity contribution is -0.123. The number of amides is 3. The zero-order valence-corrected chi connectivity index (χ0v) is 20.2. The summed E-state index contributed by atoms with van der Waals surface area (Å²) in [6, 6.07) is 10.4. The van der Waals surface area contributed by atoms with Crippen LogP contribution in [0.2, 0.25) is 5.02 Å². The molecule has 3 rings (SSSR count). The topological polar surface area (TPSA) is 131 Å². The molecule has 0 radical (unpaired) electrons. The molecule has 3 amide bonds. The molecule has 0 aliphatic heterocycles. The zero-order valence-electron chi connectivity index (χ0n) is 18.6. The second kappa shape index (κ2) is 9.78. The summed E-state index contributed by atoms with van der Waals surface area (Å²) >= 11 is 6.70. The Morgan fingerprint density at radius 1 is 1.15 bits per heavy atom. The number of aromatic nitrogens is 1. The first-order valence-electron chi connectivity index (χ1n) is 10.1. The zero-order chi connectivity index (χ0) is 25.2. The van der Waals surface area contributed by atoms with E-state index in [0.29, 0.717) is 22.1 Å². The van der Waals surface area contributed by atoms with Gasteiger partial charge in [0.05, 0.1) is 5.69 Å². The molecule has 5 N–H and O–H groups in total. The Kier molecular flexibility index (Phi) is 7.23. The third kappa shape index (κ3) is 5.52. The van der Waals surface area contributed by atoms with E-state index >= 15 is 0 Å². The SMILES string of the molecule is CC(C)(C)NC(=O)C(c1ccc(Cl)cc1)N(C(=O)c1snc(C(N)=O)c1N)c1cccc(F)c1. The fourth-order valence-electron chi connectivity index (χ4n) is 3.25. The van der Waals surface area contributed by atoms with E-state index in [-0.39, 0.29) is 21.9 Å². The van der Waals surface area contributed by atoms with E-state index in [2.05, 4.69) is 9.69 Å². The molecule has 11 heteroatoms. The normalized spacial score (nSPS) is 12.1. The number of rotatable bonds is 6. The van der Waals surface area contributed by atoms with Crippen molar-refractivity contribution in [1.29, 1.82) is 0 Å². The van der Waals surface area contributed by atoms with Gasteiger partial charge in [-0.25, -0.2) is 4.39 Å². The van der Waals surface area contributed by atoms with E-state index < -0.39 is 35.1 Å². The number of carbonyl (C=O) groups excluding carboxylic acids is 3. The van der Waals surface area contributed by atoms with Crippen LogP contribution in [0.3, 0.4) is 0 Å². The van der Waals surface area contributed by atoms with Crippen molar-refractivity contribution in [3.05, 3.63) is 75.5 Å². The number of hydrogen-bond acceptors (Lipinski definition) is 6. The van der Waals surface area contributed by atoms with Crippen LogP contribution in [0.4, 0.5) is 15.8 Å². The minimum Gasteiger partial charge on any atom is -0.395 e. The first-order chi connectivity index (χ1) is 15.9. The van der Waals surface area contributed by atoms with Crippen LogP contribution < -0.4 is 21.7 Å². The Bertz CT molecular complexity index is 1240. The molecule has 0 spiro atoms. The van der Waals surface area contributed by atoms with Crippen LogP contribution in [0.5, 0.6) is 0 Å². The molecule has 1 heterocycles. The molecule has 1 aromatic heterocycles. The third-order valence-electron chi connectivity index (χ3n) is 4.65. The maximum atomic E-state index is 14.2. The van der Waals surface area contributed by atoms with E-state index in [1.54, 1.807) is 45.0 Å². The van der Waals surface area contributed by atoms with Crippen molar-refractivity contribution in [2.24, 2.45) is 5.73 Å². The molecule has 0 saturated carbocycles. The summed E-state index contributed by atoms with van der Waals surface area (Å²) in [6.45, 7) is 5.37. The van der Waals surface area contributed by atoms with Crippen LogP contribution in [-0.4, -0.2) is 27.6 Å². The van der Waals surface area contributed by atoms with Gasteiger partial charge in [0.1, 0.15) is 16.7 Å². The summed E-state index contributed by atoms with van der Waals surface area (Å²) in [5.74, 6) is -2.79. The molecule has 0 bridgehead atoms. The first-order valence-corrected chi connectivity index (χ1v) is 11.3. The van der Waals surface area contributed by atoms with Crippen LogP contribution in [0.1, 0.15) is 52.5 Å². The number of carbonyl (C=O) groups is 3. The molecular formula is C23H23ClFN5O3S. The van der Waals surface area contributed by atoms with Gasteiger partial charge in [-0.05, 0) is 68.2 Å². The van der Waals surface area contributed by atoms with Crippen LogP contribution in [0.25, 0.3) is 0 Å². The fourth-order valence-corrected chi connectivity index (χ4v) is 4.12. The van der Waals surface area contributed by atoms with Gasteiger partial charge in [0, 0.05) is 16.2 Å². The van der Waals surface area contributed by atoms with Gasteiger partial charge in [0.2, 0.25) is 5.91 Å². The molecule has 0 fully saturated rings. The maximum Gasteiger partial charge on any atom is 0.273 e. The van der Waals surface area contributed by atoms with Crippen molar-refractivity contribution in [2.75, 3.05) is 10.6 Å². The molecule has 34 heavy (non-hydrogen) atoms. The van der Waals surface area contributed by atoms with Gasteiger partial charge in [-0.2, -0.15) is 4.37 Å². The molecular weight excluding hydrogens is 481 g/mol. The van der Waals surface area contributed by atoms with Crippen molar-refractivity contribution in [3.63, 3.8) is 0 Å². The molecule has 0 aliphatic rings.